The van der Waals surface area contributed by atoms with Crippen LogP contribution < -0.4 is 9.47 Å². The molecule has 0 bridgehead atoms. The van der Waals surface area contributed by atoms with Crippen LogP contribution >= 0.6 is 58.0 Å². The molecule has 0 aliphatic rings. The molecule has 0 fully saturated rings. The molecule has 0 atom stereocenters. The smallest absolute Gasteiger partial charge is 0.156 e. The predicted octanol–water partition coefficient (Wildman–Crippen LogP) is 6.51. The lowest BCUT2D eigenvalue weighted by atomic mass is 10.3. The third-order valence-electron chi connectivity index (χ3n) is 2.75. The average molecular weight is 417 g/mol. The van der Waals surface area contributed by atoms with Gasteiger partial charge >= 0.3 is 0 Å². The van der Waals surface area contributed by atoms with E-state index in [1.165, 1.54) is 18.2 Å². The molecule has 1 N–H and O–H groups in total. The Hall–Kier alpha value is -0.710. The molecule has 0 radical (unpaired) electrons. The third-order valence-corrected chi connectivity index (χ3v) is 4.33. The van der Waals surface area contributed by atoms with Crippen LogP contribution in [0.1, 0.15) is 6.42 Å². The van der Waals surface area contributed by atoms with Crippen molar-refractivity contribution in [2.45, 2.75) is 6.42 Å². The average Bonchev–Trinajstić information content (AvgIpc) is 2.46. The van der Waals surface area contributed by atoms with E-state index in [0.29, 0.717) is 46.2 Å². The van der Waals surface area contributed by atoms with Crippen molar-refractivity contribution in [2.75, 3.05) is 13.2 Å². The minimum atomic E-state index is -0.0232. The lowest BCUT2D eigenvalue weighted by Crippen LogP contribution is -2.05. The van der Waals surface area contributed by atoms with Crippen molar-refractivity contribution in [3.63, 3.8) is 0 Å². The van der Waals surface area contributed by atoms with Crippen molar-refractivity contribution in [1.82, 2.24) is 0 Å². The topological polar surface area (TPSA) is 38.7 Å². The van der Waals surface area contributed by atoms with Gasteiger partial charge in [-0.1, -0.05) is 58.0 Å². The second-order valence-corrected chi connectivity index (χ2v) is 6.52. The number of rotatable bonds is 6. The van der Waals surface area contributed by atoms with Gasteiger partial charge in [0.25, 0.3) is 0 Å². The van der Waals surface area contributed by atoms with E-state index in [0.717, 1.165) is 0 Å². The molecule has 0 aliphatic heterocycles. The van der Waals surface area contributed by atoms with E-state index < -0.39 is 0 Å². The van der Waals surface area contributed by atoms with Gasteiger partial charge < -0.3 is 14.6 Å². The van der Waals surface area contributed by atoms with Gasteiger partial charge in [0, 0.05) is 24.6 Å². The van der Waals surface area contributed by atoms with E-state index in [-0.39, 0.29) is 15.8 Å². The Morgan fingerprint density at radius 2 is 1.26 bits per heavy atom. The number of ether oxygens (including phenoxy) is 2. The fourth-order valence-electron chi connectivity index (χ4n) is 1.71. The Morgan fingerprint density at radius 3 is 1.91 bits per heavy atom. The Kier molecular flexibility index (Phi) is 6.81. The van der Waals surface area contributed by atoms with E-state index in [1.807, 2.05) is 0 Å². The van der Waals surface area contributed by atoms with Crippen molar-refractivity contribution >= 4 is 58.0 Å². The summed E-state index contributed by atoms with van der Waals surface area (Å²) in [5.74, 6) is 0.741. The fraction of sp³-hybridized carbons (Fsp3) is 0.200. The first-order valence-electron chi connectivity index (χ1n) is 6.46. The molecule has 0 saturated carbocycles. The highest BCUT2D eigenvalue weighted by Gasteiger charge is 2.10. The molecule has 2 aromatic carbocycles. The highest BCUT2D eigenvalue weighted by atomic mass is 35.5. The molecule has 0 unspecified atom stereocenters. The van der Waals surface area contributed by atoms with Crippen LogP contribution in [0.25, 0.3) is 0 Å². The first-order chi connectivity index (χ1) is 10.9. The quantitative estimate of drug-likeness (QED) is 0.431. The van der Waals surface area contributed by atoms with Gasteiger partial charge in [-0.3, -0.25) is 0 Å². The lowest BCUT2D eigenvalue weighted by Gasteiger charge is -2.12. The summed E-state index contributed by atoms with van der Waals surface area (Å²) in [6.07, 6.45) is 0.560. The Bertz CT molecular complexity index is 683. The SMILES string of the molecule is Oc1cc(Cl)c(OCCCOc2cc(Cl)c(Cl)cc2Cl)c(Cl)c1. The fourth-order valence-corrected chi connectivity index (χ4v) is 2.89. The molecule has 3 nitrogen and oxygen atoms in total. The lowest BCUT2D eigenvalue weighted by molar-refractivity contribution is 0.247. The number of halogens is 5. The summed E-state index contributed by atoms with van der Waals surface area (Å²) in [4.78, 5) is 0. The molecule has 0 amide bonds. The number of phenols is 1. The van der Waals surface area contributed by atoms with Gasteiger partial charge in [0.05, 0.1) is 38.3 Å². The third kappa shape index (κ3) is 5.13. The molecule has 23 heavy (non-hydrogen) atoms. The zero-order chi connectivity index (χ0) is 17.0. The minimum Gasteiger partial charge on any atom is -0.508 e. The zero-order valence-corrected chi connectivity index (χ0v) is 15.4. The molecule has 0 saturated heterocycles. The number of hydrogen-bond donors (Lipinski definition) is 1. The summed E-state index contributed by atoms with van der Waals surface area (Å²) in [5, 5.41) is 10.9. The normalized spacial score (nSPS) is 10.7. The summed E-state index contributed by atoms with van der Waals surface area (Å²) in [5.41, 5.74) is 0. The maximum Gasteiger partial charge on any atom is 0.156 e. The Labute approximate surface area is 158 Å². The van der Waals surface area contributed by atoms with E-state index in [9.17, 15) is 5.11 Å². The summed E-state index contributed by atoms with van der Waals surface area (Å²) >= 11 is 29.7. The van der Waals surface area contributed by atoms with E-state index in [1.54, 1.807) is 6.07 Å². The second kappa shape index (κ2) is 8.41. The van der Waals surface area contributed by atoms with Crippen molar-refractivity contribution < 1.29 is 14.6 Å². The molecular formula is C15H11Cl5O3. The summed E-state index contributed by atoms with van der Waals surface area (Å²) in [6, 6.07) is 5.79. The molecule has 124 valence electrons. The number of benzene rings is 2. The van der Waals surface area contributed by atoms with Crippen LogP contribution in [0.3, 0.4) is 0 Å². The summed E-state index contributed by atoms with van der Waals surface area (Å²) in [7, 11) is 0. The van der Waals surface area contributed by atoms with E-state index >= 15 is 0 Å². The van der Waals surface area contributed by atoms with Gasteiger partial charge in [-0.25, -0.2) is 0 Å². The van der Waals surface area contributed by atoms with Crippen molar-refractivity contribution in [3.8, 4) is 17.2 Å². The maximum absolute atomic E-state index is 9.34. The van der Waals surface area contributed by atoms with E-state index in [2.05, 4.69) is 0 Å². The monoisotopic (exact) mass is 414 g/mol. The van der Waals surface area contributed by atoms with Crippen LogP contribution in [0.2, 0.25) is 25.1 Å². The first-order valence-corrected chi connectivity index (χ1v) is 8.35. The zero-order valence-electron chi connectivity index (χ0n) is 11.6. The molecule has 0 spiro atoms. The van der Waals surface area contributed by atoms with Gasteiger partial charge in [0.1, 0.15) is 11.5 Å². The second-order valence-electron chi connectivity index (χ2n) is 4.49. The highest BCUT2D eigenvalue weighted by Crippen LogP contribution is 2.36. The van der Waals surface area contributed by atoms with Crippen molar-refractivity contribution in [2.24, 2.45) is 0 Å². The maximum atomic E-state index is 9.34. The van der Waals surface area contributed by atoms with Crippen molar-refractivity contribution in [3.05, 3.63) is 49.4 Å². The van der Waals surface area contributed by atoms with Gasteiger partial charge in [-0.2, -0.15) is 0 Å². The van der Waals surface area contributed by atoms with Crippen LogP contribution in [0.4, 0.5) is 0 Å². The highest BCUT2D eigenvalue weighted by molar-refractivity contribution is 6.43. The molecule has 2 rings (SSSR count). The van der Waals surface area contributed by atoms with Crippen LogP contribution in [0.15, 0.2) is 24.3 Å². The molecule has 0 aliphatic carbocycles. The first kappa shape index (κ1) is 18.6. The Morgan fingerprint density at radius 1 is 0.696 bits per heavy atom. The molecule has 0 heterocycles. The van der Waals surface area contributed by atoms with Gasteiger partial charge in [-0.05, 0) is 6.07 Å². The molecule has 0 aromatic heterocycles. The van der Waals surface area contributed by atoms with Crippen LogP contribution in [0, 0.1) is 0 Å². The molecule has 8 heteroatoms. The van der Waals surface area contributed by atoms with E-state index in [4.69, 9.17) is 67.5 Å². The number of aromatic hydroxyl groups is 1. The van der Waals surface area contributed by atoms with Gasteiger partial charge in [0.2, 0.25) is 0 Å². The molecular weight excluding hydrogens is 405 g/mol. The molecule has 2 aromatic rings. The number of hydrogen-bond acceptors (Lipinski definition) is 3. The van der Waals surface area contributed by atoms with Gasteiger partial charge in [-0.15, -0.1) is 0 Å². The van der Waals surface area contributed by atoms with Crippen LogP contribution in [0.5, 0.6) is 17.2 Å². The number of phenolic OH excluding ortho intramolecular Hbond substituents is 1. The largest absolute Gasteiger partial charge is 0.508 e. The van der Waals surface area contributed by atoms with Gasteiger partial charge in [0.15, 0.2) is 5.75 Å². The van der Waals surface area contributed by atoms with Crippen molar-refractivity contribution in [1.29, 1.82) is 0 Å². The predicted molar refractivity (Wildman–Crippen MR) is 95.2 cm³/mol. The van der Waals surface area contributed by atoms with Crippen LogP contribution in [-0.2, 0) is 0 Å². The summed E-state index contributed by atoms with van der Waals surface area (Å²) < 4.78 is 11.0. The Balaban J connectivity index is 1.84. The standard InChI is InChI=1S/C15H11Cl5O3/c16-9-6-11(18)14(7-10(9)17)22-2-1-3-23-15-12(19)4-8(21)5-13(15)20/h4-7,21H,1-3H2. The van der Waals surface area contributed by atoms with Crippen LogP contribution in [-0.4, -0.2) is 18.3 Å². The minimum absolute atomic E-state index is 0.0232. The summed E-state index contributed by atoms with van der Waals surface area (Å²) in [6.45, 7) is 0.675.